The molecule has 0 aliphatic carbocycles. The second-order valence-electron chi connectivity index (χ2n) is 6.14. The average molecular weight is 343 g/mol. The Hall–Kier alpha value is -2.32. The van der Waals surface area contributed by atoms with E-state index in [4.69, 9.17) is 5.11 Å². The third kappa shape index (κ3) is 3.15. The summed E-state index contributed by atoms with van der Waals surface area (Å²) in [4.78, 5) is 28.0. The standard InChI is InChI=1S/C15H16F3N3O3/c16-15(17,18)13(22)8-1-4-12(19-7-8)21-10-2-3-11(21)6-9(5-10)20-14(23)24/h1,4,7,9-11,20H,2-3,5-6H2,(H,23,24)/t9?,10-,11+. The molecule has 1 amide bonds. The molecule has 3 atom stereocenters. The van der Waals surface area contributed by atoms with Crippen LogP contribution in [0, 0.1) is 0 Å². The Kier molecular flexibility index (Phi) is 4.10. The second-order valence-corrected chi connectivity index (χ2v) is 6.14. The van der Waals surface area contributed by atoms with Crippen molar-refractivity contribution in [2.24, 2.45) is 0 Å². The third-order valence-electron chi connectivity index (χ3n) is 4.59. The van der Waals surface area contributed by atoms with Crippen LogP contribution in [-0.4, -0.2) is 46.3 Å². The fourth-order valence-corrected chi connectivity index (χ4v) is 3.68. The van der Waals surface area contributed by atoms with E-state index in [1.54, 1.807) is 0 Å². The van der Waals surface area contributed by atoms with E-state index in [-0.39, 0.29) is 18.1 Å². The number of alkyl halides is 3. The highest BCUT2D eigenvalue weighted by molar-refractivity contribution is 6.00. The number of ketones is 1. The maximum Gasteiger partial charge on any atom is 0.454 e. The van der Waals surface area contributed by atoms with E-state index in [9.17, 15) is 22.8 Å². The lowest BCUT2D eigenvalue weighted by Gasteiger charge is -2.39. The number of piperidine rings is 1. The molecule has 0 radical (unpaired) electrons. The summed E-state index contributed by atoms with van der Waals surface area (Å²) in [6, 6.07) is 2.63. The molecule has 1 unspecified atom stereocenters. The van der Waals surface area contributed by atoms with Crippen LogP contribution in [0.1, 0.15) is 36.0 Å². The van der Waals surface area contributed by atoms with E-state index in [1.807, 2.05) is 4.90 Å². The van der Waals surface area contributed by atoms with Gasteiger partial charge in [0.2, 0.25) is 0 Å². The third-order valence-corrected chi connectivity index (χ3v) is 4.59. The number of pyridine rings is 1. The van der Waals surface area contributed by atoms with Crippen LogP contribution in [0.25, 0.3) is 0 Å². The first-order valence-electron chi connectivity index (χ1n) is 7.61. The fraction of sp³-hybridized carbons (Fsp3) is 0.533. The monoisotopic (exact) mass is 343 g/mol. The van der Waals surface area contributed by atoms with E-state index >= 15 is 0 Å². The van der Waals surface area contributed by atoms with Gasteiger partial charge in [-0.05, 0) is 37.8 Å². The fourth-order valence-electron chi connectivity index (χ4n) is 3.68. The Morgan fingerprint density at radius 3 is 2.29 bits per heavy atom. The van der Waals surface area contributed by atoms with Gasteiger partial charge in [-0.1, -0.05) is 0 Å². The summed E-state index contributed by atoms with van der Waals surface area (Å²) < 4.78 is 37.3. The average Bonchev–Trinajstić information content (AvgIpc) is 2.76. The molecule has 1 aromatic heterocycles. The number of nitrogens with one attached hydrogen (secondary N) is 1. The SMILES string of the molecule is O=C(O)NC1C[C@H]2CC[C@@H](C1)N2c1ccc(C(=O)C(F)(F)F)cn1. The molecule has 2 bridgehead atoms. The number of Topliss-reactive ketones (excluding diaryl/α,β-unsaturated/α-hetero) is 1. The number of carbonyl (C=O) groups excluding carboxylic acids is 1. The minimum atomic E-state index is -4.91. The van der Waals surface area contributed by atoms with Crippen molar-refractivity contribution in [3.05, 3.63) is 23.9 Å². The highest BCUT2D eigenvalue weighted by Gasteiger charge is 2.42. The van der Waals surface area contributed by atoms with Gasteiger partial charge in [0.15, 0.2) is 0 Å². The molecule has 3 rings (SSSR count). The summed E-state index contributed by atoms with van der Waals surface area (Å²) in [5.41, 5.74) is -0.485. The molecular formula is C15H16F3N3O3. The molecule has 130 valence electrons. The molecule has 2 saturated heterocycles. The molecule has 0 aromatic carbocycles. The van der Waals surface area contributed by atoms with Gasteiger partial charge in [-0.25, -0.2) is 9.78 Å². The Balaban J connectivity index is 1.74. The smallest absolute Gasteiger partial charge is 0.454 e. The molecule has 2 aliphatic rings. The minimum Gasteiger partial charge on any atom is -0.465 e. The number of hydrogen-bond acceptors (Lipinski definition) is 4. The first-order valence-corrected chi connectivity index (χ1v) is 7.61. The van der Waals surface area contributed by atoms with Gasteiger partial charge >= 0.3 is 12.3 Å². The molecular weight excluding hydrogens is 327 g/mol. The number of hydrogen-bond donors (Lipinski definition) is 2. The highest BCUT2D eigenvalue weighted by atomic mass is 19.4. The van der Waals surface area contributed by atoms with Gasteiger partial charge in [0.1, 0.15) is 5.82 Å². The van der Waals surface area contributed by atoms with Crippen molar-refractivity contribution >= 4 is 17.7 Å². The molecule has 3 heterocycles. The number of carboxylic acid groups (broad SMARTS) is 1. The summed E-state index contributed by atoms with van der Waals surface area (Å²) in [5, 5.41) is 11.3. The summed E-state index contributed by atoms with van der Waals surface area (Å²) in [5.74, 6) is -1.39. The van der Waals surface area contributed by atoms with Crippen molar-refractivity contribution < 1.29 is 27.9 Å². The molecule has 24 heavy (non-hydrogen) atoms. The number of anilines is 1. The van der Waals surface area contributed by atoms with Crippen LogP contribution < -0.4 is 10.2 Å². The maximum absolute atomic E-state index is 12.4. The van der Waals surface area contributed by atoms with Crippen LogP contribution in [-0.2, 0) is 0 Å². The maximum atomic E-state index is 12.4. The predicted octanol–water partition coefficient (Wildman–Crippen LogP) is 2.59. The molecule has 2 aliphatic heterocycles. The summed E-state index contributed by atoms with van der Waals surface area (Å²) in [6.07, 6.45) is -1.99. The first kappa shape index (κ1) is 16.5. The van der Waals surface area contributed by atoms with E-state index in [2.05, 4.69) is 10.3 Å². The number of carbonyl (C=O) groups is 2. The van der Waals surface area contributed by atoms with E-state index in [0.29, 0.717) is 18.7 Å². The van der Waals surface area contributed by atoms with Gasteiger partial charge in [-0.3, -0.25) is 4.79 Å². The number of amides is 1. The van der Waals surface area contributed by atoms with Crippen LogP contribution in [0.3, 0.4) is 0 Å². The van der Waals surface area contributed by atoms with Crippen LogP contribution in [0.15, 0.2) is 18.3 Å². The predicted molar refractivity (Wildman–Crippen MR) is 78.1 cm³/mol. The Morgan fingerprint density at radius 2 is 1.83 bits per heavy atom. The number of rotatable bonds is 3. The van der Waals surface area contributed by atoms with Crippen molar-refractivity contribution in [3.8, 4) is 0 Å². The number of halogens is 3. The lowest BCUT2D eigenvalue weighted by molar-refractivity contribution is -0.0885. The Morgan fingerprint density at radius 1 is 1.21 bits per heavy atom. The lowest BCUT2D eigenvalue weighted by Crippen LogP contribution is -2.50. The quantitative estimate of drug-likeness (QED) is 0.825. The lowest BCUT2D eigenvalue weighted by atomic mass is 9.97. The van der Waals surface area contributed by atoms with Gasteiger partial charge in [0.25, 0.3) is 5.78 Å². The van der Waals surface area contributed by atoms with Crippen molar-refractivity contribution in [3.63, 3.8) is 0 Å². The zero-order valence-electron chi connectivity index (χ0n) is 12.6. The van der Waals surface area contributed by atoms with E-state index in [1.165, 1.54) is 6.07 Å². The van der Waals surface area contributed by atoms with E-state index in [0.717, 1.165) is 25.1 Å². The first-order chi connectivity index (χ1) is 11.3. The van der Waals surface area contributed by atoms with Gasteiger partial charge in [0.05, 0.1) is 0 Å². The molecule has 6 nitrogen and oxygen atoms in total. The highest BCUT2D eigenvalue weighted by Crippen LogP contribution is 2.38. The molecule has 1 aromatic rings. The van der Waals surface area contributed by atoms with Gasteiger partial charge < -0.3 is 15.3 Å². The number of fused-ring (bicyclic) bond motifs is 2. The van der Waals surface area contributed by atoms with Gasteiger partial charge in [-0.15, -0.1) is 0 Å². The van der Waals surface area contributed by atoms with Crippen molar-refractivity contribution in [2.45, 2.75) is 50.0 Å². The Bertz CT molecular complexity index is 634. The zero-order chi connectivity index (χ0) is 17.5. The largest absolute Gasteiger partial charge is 0.465 e. The van der Waals surface area contributed by atoms with Crippen molar-refractivity contribution in [1.82, 2.24) is 10.3 Å². The molecule has 2 N–H and O–H groups in total. The van der Waals surface area contributed by atoms with Crippen LogP contribution >= 0.6 is 0 Å². The summed E-state index contributed by atoms with van der Waals surface area (Å²) >= 11 is 0. The van der Waals surface area contributed by atoms with Gasteiger partial charge in [0, 0.05) is 29.9 Å². The molecule has 0 saturated carbocycles. The van der Waals surface area contributed by atoms with Crippen LogP contribution in [0.5, 0.6) is 0 Å². The van der Waals surface area contributed by atoms with E-state index < -0.39 is 23.6 Å². The second kappa shape index (κ2) is 5.95. The molecule has 2 fully saturated rings. The normalized spacial score (nSPS) is 26.3. The zero-order valence-corrected chi connectivity index (χ0v) is 12.6. The molecule has 9 heteroatoms. The summed E-state index contributed by atoms with van der Waals surface area (Å²) in [6.45, 7) is 0. The van der Waals surface area contributed by atoms with Crippen LogP contribution in [0.2, 0.25) is 0 Å². The molecule has 0 spiro atoms. The van der Waals surface area contributed by atoms with Crippen molar-refractivity contribution in [1.29, 1.82) is 0 Å². The number of aromatic nitrogens is 1. The number of nitrogens with zero attached hydrogens (tertiary/aromatic N) is 2. The van der Waals surface area contributed by atoms with Crippen molar-refractivity contribution in [2.75, 3.05) is 4.90 Å². The van der Waals surface area contributed by atoms with Crippen LogP contribution in [0.4, 0.5) is 23.8 Å². The topological polar surface area (TPSA) is 82.5 Å². The summed E-state index contributed by atoms with van der Waals surface area (Å²) in [7, 11) is 0. The Labute approximate surface area is 135 Å². The minimum absolute atomic E-state index is 0.0947. The van der Waals surface area contributed by atoms with Gasteiger partial charge in [-0.2, -0.15) is 13.2 Å².